The summed E-state index contributed by atoms with van der Waals surface area (Å²) < 4.78 is 40.7. The maximum Gasteiger partial charge on any atom is 0.265 e. The molecule has 1 heterocycles. The van der Waals surface area contributed by atoms with Gasteiger partial charge in [0, 0.05) is 16.2 Å². The van der Waals surface area contributed by atoms with Gasteiger partial charge in [-0.3, -0.25) is 4.72 Å². The second kappa shape index (κ2) is 5.37. The van der Waals surface area contributed by atoms with E-state index in [1.165, 1.54) is 37.4 Å². The Hall–Kier alpha value is -1.67. The van der Waals surface area contributed by atoms with Crippen molar-refractivity contribution >= 4 is 37.5 Å². The monoisotopic (exact) mass is 359 g/mol. The molecule has 0 aliphatic carbocycles. The molecular weight excluding hydrogens is 349 g/mol. The fourth-order valence-corrected chi connectivity index (χ4v) is 3.28. The molecule has 2 rings (SSSR count). The first kappa shape index (κ1) is 14.7. The lowest BCUT2D eigenvalue weighted by atomic mass is 10.2. The highest BCUT2D eigenvalue weighted by atomic mass is 79.9. The fraction of sp³-hybridized carbons (Fsp3) is 0.0833. The van der Waals surface area contributed by atoms with Gasteiger partial charge in [-0.25, -0.2) is 17.8 Å². The van der Waals surface area contributed by atoms with Crippen molar-refractivity contribution in [3.05, 3.63) is 46.3 Å². The first-order valence-electron chi connectivity index (χ1n) is 5.50. The van der Waals surface area contributed by atoms with Crippen LogP contribution in [0.2, 0.25) is 0 Å². The lowest BCUT2D eigenvalue weighted by Crippen LogP contribution is -2.16. The third-order valence-corrected chi connectivity index (χ3v) is 4.48. The Balaban J connectivity index is 2.46. The number of nitrogens with two attached hydrogens (primary N) is 1. The van der Waals surface area contributed by atoms with Crippen molar-refractivity contribution in [3.8, 4) is 0 Å². The summed E-state index contributed by atoms with van der Waals surface area (Å²) in [4.78, 5) is 3.59. The Morgan fingerprint density at radius 2 is 2.10 bits per heavy atom. The summed E-state index contributed by atoms with van der Waals surface area (Å²) in [7, 11) is -3.94. The minimum absolute atomic E-state index is 0.130. The van der Waals surface area contributed by atoms with E-state index in [0.717, 1.165) is 0 Å². The highest BCUT2D eigenvalue weighted by molar-refractivity contribution is 9.10. The number of halogens is 2. The van der Waals surface area contributed by atoms with Crippen LogP contribution in [0.15, 0.2) is 39.8 Å². The van der Waals surface area contributed by atoms with E-state index in [0.29, 0.717) is 4.47 Å². The summed E-state index contributed by atoms with van der Waals surface area (Å²) >= 11 is 3.13. The maximum atomic E-state index is 13.4. The first-order chi connectivity index (χ1) is 9.31. The van der Waals surface area contributed by atoms with Gasteiger partial charge >= 0.3 is 0 Å². The predicted molar refractivity (Wildman–Crippen MR) is 78.3 cm³/mol. The van der Waals surface area contributed by atoms with E-state index in [-0.39, 0.29) is 22.0 Å². The van der Waals surface area contributed by atoms with Gasteiger partial charge in [-0.15, -0.1) is 0 Å². The Morgan fingerprint density at radius 3 is 2.80 bits per heavy atom. The Labute approximate surface area is 124 Å². The number of nitrogen functional groups attached to an aromatic ring is 1. The average Bonchev–Trinajstić information content (AvgIpc) is 2.37. The van der Waals surface area contributed by atoms with Gasteiger partial charge in [0.2, 0.25) is 0 Å². The molecule has 0 radical (unpaired) electrons. The largest absolute Gasteiger partial charge is 0.383 e. The molecule has 5 nitrogen and oxygen atoms in total. The Morgan fingerprint density at radius 1 is 1.40 bits per heavy atom. The number of hydrogen-bond acceptors (Lipinski definition) is 4. The van der Waals surface area contributed by atoms with E-state index in [1.54, 1.807) is 0 Å². The normalized spacial score (nSPS) is 11.3. The summed E-state index contributed by atoms with van der Waals surface area (Å²) in [5.74, 6) is -0.625. The predicted octanol–water partition coefficient (Wildman–Crippen LogP) is 2.67. The number of anilines is 2. The molecule has 1 aromatic heterocycles. The van der Waals surface area contributed by atoms with Gasteiger partial charge < -0.3 is 5.73 Å². The van der Waals surface area contributed by atoms with E-state index in [4.69, 9.17) is 5.73 Å². The van der Waals surface area contributed by atoms with E-state index in [1.807, 2.05) is 0 Å². The summed E-state index contributed by atoms with van der Waals surface area (Å²) in [6.45, 7) is 1.48. The van der Waals surface area contributed by atoms with Crippen LogP contribution >= 0.6 is 15.9 Å². The topological polar surface area (TPSA) is 85.1 Å². The second-order valence-corrected chi connectivity index (χ2v) is 6.62. The van der Waals surface area contributed by atoms with E-state index < -0.39 is 15.8 Å². The van der Waals surface area contributed by atoms with Gasteiger partial charge in [0.15, 0.2) is 0 Å². The number of sulfonamides is 1. The van der Waals surface area contributed by atoms with Gasteiger partial charge in [0.25, 0.3) is 10.0 Å². The molecule has 0 spiro atoms. The van der Waals surface area contributed by atoms with Crippen LogP contribution in [0.25, 0.3) is 0 Å². The molecule has 0 saturated carbocycles. The van der Waals surface area contributed by atoms with E-state index in [2.05, 4.69) is 25.6 Å². The number of benzene rings is 1. The molecule has 0 amide bonds. The highest BCUT2D eigenvalue weighted by Crippen LogP contribution is 2.25. The van der Waals surface area contributed by atoms with Crippen LogP contribution in [-0.4, -0.2) is 13.4 Å². The van der Waals surface area contributed by atoms with Gasteiger partial charge in [0.1, 0.15) is 16.5 Å². The first-order valence-corrected chi connectivity index (χ1v) is 7.78. The number of nitrogens with zero attached hydrogens (tertiary/aromatic N) is 1. The van der Waals surface area contributed by atoms with Crippen LogP contribution in [0.1, 0.15) is 5.56 Å². The summed E-state index contributed by atoms with van der Waals surface area (Å²) in [6, 6.07) is 5.47. The van der Waals surface area contributed by atoms with Gasteiger partial charge in [-0.2, -0.15) is 0 Å². The zero-order valence-electron chi connectivity index (χ0n) is 10.4. The average molecular weight is 360 g/mol. The highest BCUT2D eigenvalue weighted by Gasteiger charge is 2.20. The lowest BCUT2D eigenvalue weighted by Gasteiger charge is -2.12. The van der Waals surface area contributed by atoms with Crippen molar-refractivity contribution in [2.75, 3.05) is 10.5 Å². The second-order valence-electron chi connectivity index (χ2n) is 4.05. The molecule has 106 valence electrons. The number of nitrogens with one attached hydrogen (secondary N) is 1. The maximum absolute atomic E-state index is 13.4. The number of hydrogen-bond donors (Lipinski definition) is 2. The van der Waals surface area contributed by atoms with Crippen molar-refractivity contribution in [1.29, 1.82) is 0 Å². The minimum Gasteiger partial charge on any atom is -0.383 e. The SMILES string of the molecule is Cc1c(F)cccc1NS(=O)(=O)c1cc(Br)cnc1N. The molecule has 0 saturated heterocycles. The third kappa shape index (κ3) is 2.91. The molecule has 0 atom stereocenters. The summed E-state index contributed by atoms with van der Waals surface area (Å²) in [5, 5.41) is 0. The number of pyridine rings is 1. The standard InChI is InChI=1S/C12H11BrFN3O2S/c1-7-9(14)3-2-4-10(7)17-20(18,19)11-5-8(13)6-16-12(11)15/h2-6,17H,1H3,(H2,15,16). The fourth-order valence-electron chi connectivity index (χ4n) is 1.56. The number of aromatic nitrogens is 1. The van der Waals surface area contributed by atoms with Gasteiger partial charge in [0.05, 0.1) is 5.69 Å². The Bertz CT molecular complexity index is 765. The Kier molecular flexibility index (Phi) is 3.96. The van der Waals surface area contributed by atoms with Crippen molar-refractivity contribution in [2.45, 2.75) is 11.8 Å². The van der Waals surface area contributed by atoms with Crippen molar-refractivity contribution < 1.29 is 12.8 Å². The smallest absolute Gasteiger partial charge is 0.265 e. The molecule has 0 aliphatic heterocycles. The molecule has 3 N–H and O–H groups in total. The van der Waals surface area contributed by atoms with Crippen molar-refractivity contribution in [1.82, 2.24) is 4.98 Å². The van der Waals surface area contributed by atoms with Crippen LogP contribution in [0.3, 0.4) is 0 Å². The molecule has 0 unspecified atom stereocenters. The van der Waals surface area contributed by atoms with E-state index >= 15 is 0 Å². The van der Waals surface area contributed by atoms with Crippen LogP contribution in [0, 0.1) is 12.7 Å². The molecule has 20 heavy (non-hydrogen) atoms. The van der Waals surface area contributed by atoms with Crippen LogP contribution in [-0.2, 0) is 10.0 Å². The third-order valence-electron chi connectivity index (χ3n) is 2.65. The lowest BCUT2D eigenvalue weighted by molar-refractivity contribution is 0.600. The molecule has 2 aromatic rings. The van der Waals surface area contributed by atoms with Gasteiger partial charge in [-0.1, -0.05) is 6.07 Å². The quantitative estimate of drug-likeness (QED) is 0.881. The minimum atomic E-state index is -3.94. The molecule has 0 fully saturated rings. The summed E-state index contributed by atoms with van der Waals surface area (Å²) in [6.07, 6.45) is 1.39. The molecule has 0 aliphatic rings. The zero-order chi connectivity index (χ0) is 14.9. The van der Waals surface area contributed by atoms with Crippen LogP contribution in [0.5, 0.6) is 0 Å². The van der Waals surface area contributed by atoms with Crippen molar-refractivity contribution in [2.24, 2.45) is 0 Å². The van der Waals surface area contributed by atoms with Crippen LogP contribution < -0.4 is 10.5 Å². The molecule has 0 bridgehead atoms. The van der Waals surface area contributed by atoms with Crippen LogP contribution in [0.4, 0.5) is 15.9 Å². The van der Waals surface area contributed by atoms with Gasteiger partial charge in [-0.05, 0) is 41.1 Å². The van der Waals surface area contributed by atoms with Crippen molar-refractivity contribution in [3.63, 3.8) is 0 Å². The summed E-state index contributed by atoms with van der Waals surface area (Å²) in [5.41, 5.74) is 5.93. The molecule has 8 heteroatoms. The zero-order valence-corrected chi connectivity index (χ0v) is 12.8. The molecular formula is C12H11BrFN3O2S. The molecule has 1 aromatic carbocycles. The number of rotatable bonds is 3. The van der Waals surface area contributed by atoms with E-state index in [9.17, 15) is 12.8 Å².